The third-order valence-corrected chi connectivity index (χ3v) is 5.49. The number of aromatic nitrogens is 1. The highest BCUT2D eigenvalue weighted by Gasteiger charge is 2.13. The predicted octanol–water partition coefficient (Wildman–Crippen LogP) is 3.01. The number of para-hydroxylation sites is 2. The summed E-state index contributed by atoms with van der Waals surface area (Å²) >= 11 is 1.34. The molecule has 0 atom stereocenters. The average molecular weight is 414 g/mol. The monoisotopic (exact) mass is 414 g/mol. The van der Waals surface area contributed by atoms with Crippen molar-refractivity contribution in [3.63, 3.8) is 0 Å². The highest BCUT2D eigenvalue weighted by molar-refractivity contribution is 7.16. The Kier molecular flexibility index (Phi) is 6.33. The first-order chi connectivity index (χ1) is 13.9. The van der Waals surface area contributed by atoms with Crippen LogP contribution in [0.4, 0.5) is 0 Å². The van der Waals surface area contributed by atoms with Crippen molar-refractivity contribution in [2.45, 2.75) is 20.4 Å². The smallest absolute Gasteiger partial charge is 0.325 e. The van der Waals surface area contributed by atoms with E-state index >= 15 is 0 Å². The summed E-state index contributed by atoms with van der Waals surface area (Å²) in [7, 11) is 2.86. The molecule has 0 aliphatic carbocycles. The second kappa shape index (κ2) is 8.91. The van der Waals surface area contributed by atoms with Crippen LogP contribution in [0.2, 0.25) is 0 Å². The topological polar surface area (TPSA) is 79.1 Å². The number of hydrogen-bond donors (Lipinski definition) is 0. The maximum absolute atomic E-state index is 12.4. The lowest BCUT2D eigenvalue weighted by atomic mass is 10.1. The van der Waals surface area contributed by atoms with Crippen LogP contribution in [0.15, 0.2) is 41.4 Å². The lowest BCUT2D eigenvalue weighted by Crippen LogP contribution is -2.23. The molecule has 3 aromatic rings. The van der Waals surface area contributed by atoms with Gasteiger partial charge in [0, 0.05) is 0 Å². The molecule has 0 radical (unpaired) electrons. The number of rotatable bonds is 6. The van der Waals surface area contributed by atoms with Crippen LogP contribution in [0.1, 0.15) is 11.1 Å². The number of aryl methyl sites for hydroxylation is 2. The van der Waals surface area contributed by atoms with E-state index in [1.807, 2.05) is 32.0 Å². The molecule has 3 rings (SSSR count). The number of amides is 1. The molecular formula is C21H22N2O5S. The number of nitrogens with zero attached hydrogens (tertiary/aromatic N) is 2. The summed E-state index contributed by atoms with van der Waals surface area (Å²) in [5.74, 6) is 0.120. The lowest BCUT2D eigenvalue weighted by molar-refractivity contribution is -0.141. The Morgan fingerprint density at radius 2 is 1.76 bits per heavy atom. The van der Waals surface area contributed by atoms with Crippen molar-refractivity contribution in [2.75, 3.05) is 20.8 Å². The zero-order chi connectivity index (χ0) is 21.0. The van der Waals surface area contributed by atoms with E-state index in [0.717, 1.165) is 21.3 Å². The first-order valence-corrected chi connectivity index (χ1v) is 9.75. The third-order valence-electron chi connectivity index (χ3n) is 4.45. The number of thiazole rings is 1. The van der Waals surface area contributed by atoms with Gasteiger partial charge in [-0.15, -0.1) is 0 Å². The van der Waals surface area contributed by atoms with Gasteiger partial charge in [-0.1, -0.05) is 23.5 Å². The molecule has 0 spiro atoms. The molecule has 2 aromatic carbocycles. The second-order valence-electron chi connectivity index (χ2n) is 6.40. The van der Waals surface area contributed by atoms with Crippen LogP contribution >= 0.6 is 11.3 Å². The molecule has 0 bridgehead atoms. The van der Waals surface area contributed by atoms with Crippen molar-refractivity contribution >= 4 is 33.4 Å². The summed E-state index contributed by atoms with van der Waals surface area (Å²) < 4.78 is 18.2. The normalized spacial score (nSPS) is 11.5. The van der Waals surface area contributed by atoms with Crippen LogP contribution in [-0.4, -0.2) is 37.3 Å². The van der Waals surface area contributed by atoms with E-state index in [1.165, 1.54) is 25.6 Å². The lowest BCUT2D eigenvalue weighted by Gasteiger charge is -2.08. The average Bonchev–Trinajstić information content (AvgIpc) is 3.02. The van der Waals surface area contributed by atoms with Gasteiger partial charge in [0.25, 0.3) is 5.91 Å². The van der Waals surface area contributed by atoms with Crippen molar-refractivity contribution in [1.82, 2.24) is 4.57 Å². The Bertz CT molecular complexity index is 1130. The van der Waals surface area contributed by atoms with Crippen molar-refractivity contribution in [3.8, 4) is 11.5 Å². The molecule has 7 nitrogen and oxygen atoms in total. The summed E-state index contributed by atoms with van der Waals surface area (Å²) in [6.07, 6.45) is 0. The first kappa shape index (κ1) is 20.6. The van der Waals surface area contributed by atoms with Gasteiger partial charge < -0.3 is 18.8 Å². The molecule has 0 saturated carbocycles. The van der Waals surface area contributed by atoms with Crippen molar-refractivity contribution in [2.24, 2.45) is 4.99 Å². The molecule has 1 aromatic heterocycles. The van der Waals surface area contributed by atoms with Gasteiger partial charge in [0.15, 0.2) is 22.9 Å². The fraction of sp³-hybridized carbons (Fsp3) is 0.286. The fourth-order valence-corrected chi connectivity index (χ4v) is 3.90. The highest BCUT2D eigenvalue weighted by Crippen LogP contribution is 2.25. The summed E-state index contributed by atoms with van der Waals surface area (Å²) in [5, 5.41) is 0. The maximum atomic E-state index is 12.4. The molecule has 1 heterocycles. The van der Waals surface area contributed by atoms with Crippen LogP contribution in [0.25, 0.3) is 10.2 Å². The number of hydrogen-bond acceptors (Lipinski definition) is 6. The van der Waals surface area contributed by atoms with E-state index in [0.29, 0.717) is 16.3 Å². The molecule has 1 amide bonds. The van der Waals surface area contributed by atoms with Crippen molar-refractivity contribution in [1.29, 1.82) is 0 Å². The predicted molar refractivity (Wildman–Crippen MR) is 110 cm³/mol. The van der Waals surface area contributed by atoms with E-state index in [1.54, 1.807) is 22.8 Å². The SMILES string of the molecule is COC(=O)Cn1c(=NC(=O)COc2ccccc2OC)sc2cc(C)c(C)cc21. The summed E-state index contributed by atoms with van der Waals surface area (Å²) in [6, 6.07) is 11.1. The molecule has 0 unspecified atom stereocenters. The molecule has 0 N–H and O–H groups in total. The molecule has 152 valence electrons. The molecular weight excluding hydrogens is 392 g/mol. The summed E-state index contributed by atoms with van der Waals surface area (Å²) in [4.78, 5) is 28.9. The Hall–Kier alpha value is -3.13. The van der Waals surface area contributed by atoms with Gasteiger partial charge in [-0.3, -0.25) is 9.59 Å². The van der Waals surface area contributed by atoms with E-state index in [9.17, 15) is 9.59 Å². The molecule has 8 heteroatoms. The van der Waals surface area contributed by atoms with Crippen LogP contribution in [0.5, 0.6) is 11.5 Å². The zero-order valence-electron chi connectivity index (χ0n) is 16.7. The molecule has 0 fully saturated rings. The number of carbonyl (C=O) groups is 2. The van der Waals surface area contributed by atoms with Crippen LogP contribution in [0.3, 0.4) is 0 Å². The van der Waals surface area contributed by atoms with E-state index in [4.69, 9.17) is 14.2 Å². The minimum atomic E-state index is -0.463. The number of carbonyl (C=O) groups excluding carboxylic acids is 2. The number of ether oxygens (including phenoxy) is 3. The standard InChI is InChI=1S/C21H22N2O5S/c1-13-9-15-18(10-14(13)2)29-21(23(15)11-20(25)27-4)22-19(24)12-28-17-8-6-5-7-16(17)26-3/h5-10H,11-12H2,1-4H3. The van der Waals surface area contributed by atoms with Gasteiger partial charge in [-0.25, -0.2) is 0 Å². The van der Waals surface area contributed by atoms with Gasteiger partial charge >= 0.3 is 5.97 Å². The number of esters is 1. The minimum Gasteiger partial charge on any atom is -0.493 e. The number of benzene rings is 2. The van der Waals surface area contributed by atoms with Gasteiger partial charge in [-0.2, -0.15) is 4.99 Å². The zero-order valence-corrected chi connectivity index (χ0v) is 17.5. The van der Waals surface area contributed by atoms with Gasteiger partial charge in [0.05, 0.1) is 24.4 Å². The van der Waals surface area contributed by atoms with Gasteiger partial charge in [0.2, 0.25) is 0 Å². The third kappa shape index (κ3) is 4.65. The van der Waals surface area contributed by atoms with Crippen molar-refractivity contribution < 1.29 is 23.8 Å². The van der Waals surface area contributed by atoms with Crippen LogP contribution in [-0.2, 0) is 20.9 Å². The van der Waals surface area contributed by atoms with Gasteiger partial charge in [0.1, 0.15) is 6.54 Å². The largest absolute Gasteiger partial charge is 0.493 e. The highest BCUT2D eigenvalue weighted by atomic mass is 32.1. The van der Waals surface area contributed by atoms with E-state index in [-0.39, 0.29) is 13.2 Å². The van der Waals surface area contributed by atoms with Crippen LogP contribution in [0, 0.1) is 13.8 Å². The van der Waals surface area contributed by atoms with Gasteiger partial charge in [-0.05, 0) is 49.2 Å². The minimum absolute atomic E-state index is 0.0293. The molecule has 0 aliphatic heterocycles. The Balaban J connectivity index is 1.94. The quantitative estimate of drug-likeness (QED) is 0.580. The second-order valence-corrected chi connectivity index (χ2v) is 7.41. The Labute approximate surface area is 172 Å². The summed E-state index contributed by atoms with van der Waals surface area (Å²) in [5.41, 5.74) is 3.05. The van der Waals surface area contributed by atoms with Crippen molar-refractivity contribution in [3.05, 3.63) is 52.3 Å². The maximum Gasteiger partial charge on any atom is 0.325 e. The molecule has 0 saturated heterocycles. The van der Waals surface area contributed by atoms with E-state index in [2.05, 4.69) is 4.99 Å². The molecule has 29 heavy (non-hydrogen) atoms. The van der Waals surface area contributed by atoms with E-state index < -0.39 is 11.9 Å². The first-order valence-electron chi connectivity index (χ1n) is 8.93. The van der Waals surface area contributed by atoms with Crippen LogP contribution < -0.4 is 14.3 Å². The number of fused-ring (bicyclic) bond motifs is 1. The molecule has 0 aliphatic rings. The Morgan fingerprint density at radius 3 is 2.45 bits per heavy atom. The summed E-state index contributed by atoms with van der Waals surface area (Å²) in [6.45, 7) is 3.74. The Morgan fingerprint density at radius 1 is 1.07 bits per heavy atom. The fourth-order valence-electron chi connectivity index (χ4n) is 2.77. The number of methoxy groups -OCH3 is 2.